The smallest absolute Gasteiger partial charge is 0.322 e. The number of ether oxygens (including phenoxy) is 3. The van der Waals surface area contributed by atoms with Gasteiger partial charge in [-0.05, 0) is 30.3 Å². The molecule has 0 fully saturated rings. The van der Waals surface area contributed by atoms with E-state index in [1.807, 2.05) is 0 Å². The highest BCUT2D eigenvalue weighted by molar-refractivity contribution is 6.36. The van der Waals surface area contributed by atoms with Crippen LogP contribution in [0.1, 0.15) is 10.4 Å². The maximum absolute atomic E-state index is 12.4. The van der Waals surface area contributed by atoms with Crippen molar-refractivity contribution in [2.24, 2.45) is 0 Å². The Kier molecular flexibility index (Phi) is 5.91. The van der Waals surface area contributed by atoms with E-state index in [1.165, 1.54) is 33.5 Å². The van der Waals surface area contributed by atoms with Gasteiger partial charge in [-0.1, -0.05) is 28.3 Å². The van der Waals surface area contributed by atoms with E-state index < -0.39 is 5.91 Å². The number of rotatable bonds is 6. The highest BCUT2D eigenvalue weighted by atomic mass is 35.5. The first-order valence-electron chi connectivity index (χ1n) is 7.87. The van der Waals surface area contributed by atoms with E-state index in [0.29, 0.717) is 27.8 Å². The molecule has 146 valence electrons. The fourth-order valence-electron chi connectivity index (χ4n) is 2.43. The molecular weight excluding hydrogens is 409 g/mol. The van der Waals surface area contributed by atoms with Crippen LogP contribution in [-0.4, -0.2) is 37.4 Å². The number of hydrogen-bond acceptors (Lipinski definition) is 7. The highest BCUT2D eigenvalue weighted by Gasteiger charge is 2.19. The van der Waals surface area contributed by atoms with Gasteiger partial charge in [-0.25, -0.2) is 0 Å². The molecule has 0 saturated carbocycles. The lowest BCUT2D eigenvalue weighted by Crippen LogP contribution is -2.12. The number of amides is 1. The molecule has 1 N–H and O–H groups in total. The largest absolute Gasteiger partial charge is 0.493 e. The molecule has 0 atom stereocenters. The summed E-state index contributed by atoms with van der Waals surface area (Å²) >= 11 is 11.9. The molecule has 0 aliphatic rings. The van der Waals surface area contributed by atoms with Crippen LogP contribution in [0.3, 0.4) is 0 Å². The fourth-order valence-corrected chi connectivity index (χ4v) is 2.81. The number of nitrogens with one attached hydrogen (secondary N) is 1. The number of benzene rings is 2. The molecule has 3 rings (SSSR count). The number of carbonyl (C=O) groups is 1. The van der Waals surface area contributed by atoms with Gasteiger partial charge in [-0.2, -0.15) is 0 Å². The van der Waals surface area contributed by atoms with E-state index in [0.717, 1.165) is 0 Å². The minimum atomic E-state index is -0.535. The van der Waals surface area contributed by atoms with Gasteiger partial charge in [0.15, 0.2) is 11.5 Å². The second-order valence-electron chi connectivity index (χ2n) is 5.40. The second-order valence-corrected chi connectivity index (χ2v) is 6.25. The molecule has 2 aromatic carbocycles. The van der Waals surface area contributed by atoms with E-state index in [1.54, 1.807) is 18.2 Å². The van der Waals surface area contributed by atoms with E-state index in [9.17, 15) is 4.79 Å². The molecule has 1 amide bonds. The van der Waals surface area contributed by atoms with Crippen LogP contribution in [0.4, 0.5) is 6.01 Å². The first-order valence-corrected chi connectivity index (χ1v) is 8.62. The monoisotopic (exact) mass is 423 g/mol. The Bertz CT molecular complexity index is 997. The van der Waals surface area contributed by atoms with Crippen molar-refractivity contribution in [3.8, 4) is 28.7 Å². The standard InChI is InChI=1S/C18H15Cl2N3O5/c1-25-13-6-9(7-14(26-2)15(13)27-3)17-22-23-18(28-17)21-16(24)11-8-10(19)4-5-12(11)20/h4-8H,1-3H3,(H,21,23,24). The lowest BCUT2D eigenvalue weighted by Gasteiger charge is -2.12. The van der Waals surface area contributed by atoms with Gasteiger partial charge in [0.05, 0.1) is 31.9 Å². The highest BCUT2D eigenvalue weighted by Crippen LogP contribution is 2.41. The minimum Gasteiger partial charge on any atom is -0.493 e. The Morgan fingerprint density at radius 2 is 1.68 bits per heavy atom. The lowest BCUT2D eigenvalue weighted by molar-refractivity contribution is 0.102. The van der Waals surface area contributed by atoms with Gasteiger partial charge < -0.3 is 18.6 Å². The topological polar surface area (TPSA) is 95.7 Å². The Balaban J connectivity index is 1.88. The first kappa shape index (κ1) is 19.8. The summed E-state index contributed by atoms with van der Waals surface area (Å²) in [4.78, 5) is 12.4. The van der Waals surface area contributed by atoms with Crippen LogP contribution >= 0.6 is 23.2 Å². The molecule has 0 spiro atoms. The summed E-state index contributed by atoms with van der Waals surface area (Å²) in [6.45, 7) is 0. The van der Waals surface area contributed by atoms with Gasteiger partial charge in [0.1, 0.15) is 0 Å². The molecule has 28 heavy (non-hydrogen) atoms. The normalized spacial score (nSPS) is 10.5. The van der Waals surface area contributed by atoms with Crippen molar-refractivity contribution < 1.29 is 23.4 Å². The van der Waals surface area contributed by atoms with Crippen LogP contribution in [0.25, 0.3) is 11.5 Å². The van der Waals surface area contributed by atoms with Gasteiger partial charge >= 0.3 is 6.01 Å². The molecule has 10 heteroatoms. The van der Waals surface area contributed by atoms with Crippen molar-refractivity contribution in [2.75, 3.05) is 26.6 Å². The fraction of sp³-hybridized carbons (Fsp3) is 0.167. The molecule has 0 radical (unpaired) electrons. The number of halogens is 2. The summed E-state index contributed by atoms with van der Waals surface area (Å²) in [5.74, 6) is 0.884. The number of nitrogens with zero attached hydrogens (tertiary/aromatic N) is 2. The summed E-state index contributed by atoms with van der Waals surface area (Å²) in [6.07, 6.45) is 0. The third kappa shape index (κ3) is 3.97. The average Bonchev–Trinajstić information content (AvgIpc) is 3.16. The third-order valence-electron chi connectivity index (χ3n) is 3.73. The number of methoxy groups -OCH3 is 3. The Morgan fingerprint density at radius 3 is 2.29 bits per heavy atom. The number of carbonyl (C=O) groups excluding carboxylic acids is 1. The first-order chi connectivity index (χ1) is 13.5. The molecule has 0 aliphatic heterocycles. The molecule has 0 unspecified atom stereocenters. The van der Waals surface area contributed by atoms with Crippen LogP contribution in [0.2, 0.25) is 10.0 Å². The average molecular weight is 424 g/mol. The van der Waals surface area contributed by atoms with Crippen LogP contribution in [0.5, 0.6) is 17.2 Å². The summed E-state index contributed by atoms with van der Waals surface area (Å²) in [6, 6.07) is 7.73. The Hall–Kier alpha value is -2.97. The SMILES string of the molecule is COc1cc(-c2nnc(NC(=O)c3cc(Cl)ccc3Cl)o2)cc(OC)c1OC. The van der Waals surface area contributed by atoms with Crippen LogP contribution in [0.15, 0.2) is 34.7 Å². The number of hydrogen-bond donors (Lipinski definition) is 1. The van der Waals surface area contributed by atoms with Crippen molar-refractivity contribution in [3.63, 3.8) is 0 Å². The Labute approximate surface area is 170 Å². The lowest BCUT2D eigenvalue weighted by atomic mass is 10.2. The summed E-state index contributed by atoms with van der Waals surface area (Å²) in [7, 11) is 4.49. The van der Waals surface area contributed by atoms with Gasteiger partial charge in [0.25, 0.3) is 5.91 Å². The molecular formula is C18H15Cl2N3O5. The van der Waals surface area contributed by atoms with Gasteiger partial charge in [0, 0.05) is 10.6 Å². The number of aromatic nitrogens is 2. The minimum absolute atomic E-state index is 0.107. The molecule has 3 aromatic rings. The maximum Gasteiger partial charge on any atom is 0.322 e. The van der Waals surface area contributed by atoms with E-state index in [-0.39, 0.29) is 22.5 Å². The van der Waals surface area contributed by atoms with Crippen LogP contribution in [-0.2, 0) is 0 Å². The van der Waals surface area contributed by atoms with Gasteiger partial charge in [-0.15, -0.1) is 5.10 Å². The zero-order valence-electron chi connectivity index (χ0n) is 15.1. The summed E-state index contributed by atoms with van der Waals surface area (Å²) in [5, 5.41) is 10.9. The van der Waals surface area contributed by atoms with E-state index in [4.69, 9.17) is 41.8 Å². The molecule has 1 heterocycles. The second kappa shape index (κ2) is 8.37. The van der Waals surface area contributed by atoms with Crippen molar-refractivity contribution in [1.82, 2.24) is 10.2 Å². The predicted molar refractivity (Wildman–Crippen MR) is 104 cm³/mol. The molecule has 0 bridgehead atoms. The van der Waals surface area contributed by atoms with E-state index >= 15 is 0 Å². The molecule has 8 nitrogen and oxygen atoms in total. The molecule has 0 saturated heterocycles. The molecule has 1 aromatic heterocycles. The van der Waals surface area contributed by atoms with Crippen LogP contribution in [0, 0.1) is 0 Å². The maximum atomic E-state index is 12.4. The van der Waals surface area contributed by atoms with Crippen molar-refractivity contribution in [1.29, 1.82) is 0 Å². The Morgan fingerprint density at radius 1 is 1.00 bits per heavy atom. The third-order valence-corrected chi connectivity index (χ3v) is 4.29. The number of anilines is 1. The van der Waals surface area contributed by atoms with Crippen LogP contribution < -0.4 is 19.5 Å². The van der Waals surface area contributed by atoms with Gasteiger partial charge in [0.2, 0.25) is 11.6 Å². The molecule has 0 aliphatic carbocycles. The van der Waals surface area contributed by atoms with E-state index in [2.05, 4.69) is 15.5 Å². The quantitative estimate of drug-likeness (QED) is 0.630. The predicted octanol–water partition coefficient (Wildman–Crippen LogP) is 4.32. The van der Waals surface area contributed by atoms with Crippen molar-refractivity contribution >= 4 is 35.1 Å². The van der Waals surface area contributed by atoms with Crippen molar-refractivity contribution in [3.05, 3.63) is 45.9 Å². The van der Waals surface area contributed by atoms with Gasteiger partial charge in [-0.3, -0.25) is 10.1 Å². The zero-order valence-corrected chi connectivity index (χ0v) is 16.6. The summed E-state index contributed by atoms with van der Waals surface area (Å²) < 4.78 is 21.4. The summed E-state index contributed by atoms with van der Waals surface area (Å²) in [5.41, 5.74) is 0.699. The zero-order chi connectivity index (χ0) is 20.3. The van der Waals surface area contributed by atoms with Crippen molar-refractivity contribution in [2.45, 2.75) is 0 Å².